The van der Waals surface area contributed by atoms with Gasteiger partial charge < -0.3 is 35.8 Å². The minimum atomic E-state index is -1.23. The molecule has 0 bridgehead atoms. The number of hydrogen-bond donors (Lipinski definition) is 4. The molecular formula is C13H25Ac4N2O6S-. The van der Waals surface area contributed by atoms with E-state index in [1.54, 1.807) is 0 Å². The van der Waals surface area contributed by atoms with Crippen LogP contribution in [0, 0.1) is 176 Å². The molecule has 1 amide bonds. The van der Waals surface area contributed by atoms with Crippen molar-refractivity contribution in [3.05, 3.63) is 5.73 Å². The van der Waals surface area contributed by atoms with Crippen molar-refractivity contribution in [3.63, 3.8) is 0 Å². The number of amides is 1. The summed E-state index contributed by atoms with van der Waals surface area (Å²) in [4.78, 5) is 10.8. The summed E-state index contributed by atoms with van der Waals surface area (Å²) in [6.07, 6.45) is -1.13. The molecule has 13 heteroatoms. The molecule has 0 aliphatic carbocycles. The van der Waals surface area contributed by atoms with Crippen LogP contribution >= 0.6 is 11.8 Å². The van der Waals surface area contributed by atoms with Gasteiger partial charge in [0.05, 0.1) is 25.3 Å². The Hall–Kier alpha value is 5.19. The van der Waals surface area contributed by atoms with E-state index in [9.17, 15) is 15.0 Å². The van der Waals surface area contributed by atoms with Gasteiger partial charge in [0.25, 0.3) is 0 Å². The summed E-state index contributed by atoms with van der Waals surface area (Å²) in [6.45, 7) is 0.164. The number of aliphatic hydroxyl groups excluding tert-OH is 3. The fourth-order valence-corrected chi connectivity index (χ4v) is 3.28. The molecule has 142 valence electrons. The van der Waals surface area contributed by atoms with E-state index in [0.29, 0.717) is 6.54 Å². The number of nitrogens with one attached hydrogen (secondary N) is 2. The van der Waals surface area contributed by atoms with Crippen LogP contribution in [-0.2, 0) is 9.47 Å². The van der Waals surface area contributed by atoms with Gasteiger partial charge in [-0.25, -0.2) is 4.79 Å². The molecule has 0 saturated carbocycles. The monoisotopic (exact) mass is 1250 g/mol. The van der Waals surface area contributed by atoms with E-state index in [4.69, 9.17) is 15.6 Å². The quantitative estimate of drug-likeness (QED) is 0.254. The Labute approximate surface area is 302 Å². The first-order chi connectivity index (χ1) is 10.5. The second kappa shape index (κ2) is 23.3. The fourth-order valence-electron chi connectivity index (χ4n) is 2.09. The smallest absolute Gasteiger partial charge is 0.406 e. The van der Waals surface area contributed by atoms with Crippen molar-refractivity contribution in [1.82, 2.24) is 5.32 Å². The van der Waals surface area contributed by atoms with E-state index in [2.05, 4.69) is 10.1 Å². The zero-order chi connectivity index (χ0) is 16.5. The second-order valence-corrected chi connectivity index (χ2v) is 6.29. The third-order valence-corrected chi connectivity index (χ3v) is 4.70. The van der Waals surface area contributed by atoms with Crippen molar-refractivity contribution in [3.8, 4) is 0 Å². The normalized spacial score (nSPS) is 26.9. The van der Waals surface area contributed by atoms with Crippen molar-refractivity contribution in [2.75, 3.05) is 26.0 Å². The van der Waals surface area contributed by atoms with Gasteiger partial charge in [-0.1, -0.05) is 12.5 Å². The number of carbonyl (C=O) groups is 1. The van der Waals surface area contributed by atoms with Gasteiger partial charge in [0, 0.05) is 183 Å². The molecular weight excluding hydrogens is 1220 g/mol. The molecule has 0 spiro atoms. The summed E-state index contributed by atoms with van der Waals surface area (Å²) >= 11 is 1.40. The first kappa shape index (κ1) is 38.4. The molecule has 1 aliphatic rings. The van der Waals surface area contributed by atoms with Crippen LogP contribution in [0.4, 0.5) is 4.79 Å². The molecule has 0 aromatic rings. The van der Waals surface area contributed by atoms with Gasteiger partial charge in [-0.3, -0.25) is 0 Å². The maximum absolute atomic E-state index is 10.8. The third kappa shape index (κ3) is 15.1. The Bertz CT molecular complexity index is 350. The van der Waals surface area contributed by atoms with E-state index in [0.717, 1.165) is 25.0 Å². The van der Waals surface area contributed by atoms with E-state index < -0.39 is 35.9 Å². The molecule has 1 rings (SSSR count). The summed E-state index contributed by atoms with van der Waals surface area (Å²) < 4.78 is 9.90. The van der Waals surface area contributed by atoms with Crippen LogP contribution in [0.2, 0.25) is 0 Å². The molecule has 5 atom stereocenters. The van der Waals surface area contributed by atoms with Crippen molar-refractivity contribution < 1.29 is 206 Å². The molecule has 26 heavy (non-hydrogen) atoms. The van der Waals surface area contributed by atoms with Gasteiger partial charge in [0.1, 0.15) is 12.2 Å². The van der Waals surface area contributed by atoms with Gasteiger partial charge in [0.2, 0.25) is 0 Å². The SMILES string of the molecule is COC(=O)NCCCCCS[C@@H]1OC(CO)[C@H](O)[C@@H](O)C1[NH-].[Ac].[Ac].[Ac].[Ac]. The van der Waals surface area contributed by atoms with E-state index >= 15 is 0 Å². The van der Waals surface area contributed by atoms with Crippen LogP contribution in [0.25, 0.3) is 5.73 Å². The molecule has 1 fully saturated rings. The minimum absolute atomic E-state index is 0. The topological polar surface area (TPSA) is 132 Å². The van der Waals surface area contributed by atoms with Crippen LogP contribution in [0.15, 0.2) is 0 Å². The summed E-state index contributed by atoms with van der Waals surface area (Å²) in [5.41, 5.74) is 7.28. The van der Waals surface area contributed by atoms with Crippen LogP contribution < -0.4 is 5.32 Å². The largest absolute Gasteiger partial charge is 0.670 e. The Morgan fingerprint density at radius 1 is 1.15 bits per heavy atom. The van der Waals surface area contributed by atoms with Gasteiger partial charge in [-0.2, -0.15) is 0 Å². The molecule has 5 N–H and O–H groups in total. The molecule has 4 radical (unpaired) electrons. The Kier molecular flexibility index (Phi) is 34.5. The summed E-state index contributed by atoms with van der Waals surface area (Å²) in [6, 6.07) is -0.941. The molecule has 1 aliphatic heterocycles. The summed E-state index contributed by atoms with van der Waals surface area (Å²) in [7, 11) is 1.32. The molecule has 1 heterocycles. The molecule has 0 aromatic carbocycles. The number of unbranched alkanes of at least 4 members (excludes halogenated alkanes) is 2. The number of carbonyl (C=O) groups excluding carboxylic acids is 1. The predicted molar refractivity (Wildman–Crippen MR) is 82.6 cm³/mol. The molecule has 1 saturated heterocycles. The zero-order valence-electron chi connectivity index (χ0n) is 14.9. The number of hydrogen-bond acceptors (Lipinski definition) is 7. The zero-order valence-corrected chi connectivity index (χ0v) is 34.7. The minimum Gasteiger partial charge on any atom is -0.670 e. The number of rotatable bonds is 8. The Balaban J connectivity index is -0.000000605. The van der Waals surface area contributed by atoms with Gasteiger partial charge in [0.15, 0.2) is 0 Å². The van der Waals surface area contributed by atoms with Crippen LogP contribution in [0.1, 0.15) is 19.3 Å². The summed E-state index contributed by atoms with van der Waals surface area (Å²) in [5.74, 6) is 0.735. The number of alkyl carbamates (subject to hydrolysis) is 1. The van der Waals surface area contributed by atoms with Crippen molar-refractivity contribution in [2.45, 2.75) is 49.1 Å². The molecule has 0 aromatic heterocycles. The van der Waals surface area contributed by atoms with Crippen LogP contribution in [-0.4, -0.2) is 77.2 Å². The second-order valence-electron chi connectivity index (χ2n) is 5.08. The van der Waals surface area contributed by atoms with Gasteiger partial charge in [-0.15, -0.1) is 11.8 Å². The van der Waals surface area contributed by atoms with Crippen LogP contribution in [0.3, 0.4) is 0 Å². The van der Waals surface area contributed by atoms with Gasteiger partial charge in [-0.05, 0) is 18.6 Å². The maximum atomic E-state index is 10.8. The number of ether oxygens (including phenoxy) is 2. The Morgan fingerprint density at radius 2 is 1.77 bits per heavy atom. The van der Waals surface area contributed by atoms with Crippen LogP contribution in [0.5, 0.6) is 0 Å². The van der Waals surface area contributed by atoms with Crippen molar-refractivity contribution >= 4 is 17.9 Å². The number of methoxy groups -OCH3 is 1. The van der Waals surface area contributed by atoms with Crippen molar-refractivity contribution in [2.24, 2.45) is 0 Å². The standard InChI is InChI=1S/C13H25N2O6S.4Ac/c1-20-13(19)15-5-3-2-4-6-22-12-9(14)11(18)10(17)8(7-16)21-12;;;;/h8-12,14,16-18H,2-7H2,1H3,(H,15,19);;;;/q-1;;;;/t8?,9?,10-,11-,12-;;;;/m0..../s1. The van der Waals surface area contributed by atoms with Gasteiger partial charge >= 0.3 is 6.09 Å². The van der Waals surface area contributed by atoms with E-state index in [1.807, 2.05) is 0 Å². The van der Waals surface area contributed by atoms with E-state index in [1.165, 1.54) is 18.9 Å². The van der Waals surface area contributed by atoms with E-state index in [-0.39, 0.29) is 183 Å². The average Bonchev–Trinajstić information content (AvgIpc) is 2.53. The molecule has 2 unspecified atom stereocenters. The van der Waals surface area contributed by atoms with Crippen molar-refractivity contribution in [1.29, 1.82) is 0 Å². The first-order valence-electron chi connectivity index (χ1n) is 7.28. The maximum Gasteiger partial charge on any atom is 0.406 e. The fraction of sp³-hybridized carbons (Fsp3) is 0.923. The average molecular weight is 1250 g/mol. The number of aliphatic hydroxyl groups is 3. The third-order valence-electron chi connectivity index (χ3n) is 3.44. The first-order valence-corrected chi connectivity index (χ1v) is 8.33. The summed E-state index contributed by atoms with van der Waals surface area (Å²) in [5, 5.41) is 31.1. The predicted octanol–water partition coefficient (Wildman–Crippen LogP) is 0.106. The Morgan fingerprint density at radius 3 is 2.31 bits per heavy atom. The number of thioether (sulfide) groups is 1. The molecule has 8 nitrogen and oxygen atoms in total.